The van der Waals surface area contributed by atoms with Crippen molar-refractivity contribution in [2.24, 2.45) is 0 Å². The Morgan fingerprint density at radius 3 is 2.22 bits per heavy atom. The molecule has 0 spiro atoms. The number of hydrogen-bond donors (Lipinski definition) is 1. The highest BCUT2D eigenvalue weighted by molar-refractivity contribution is 7.92. The van der Waals surface area contributed by atoms with Gasteiger partial charge in [-0.05, 0) is 50.5 Å². The molecular weight excluding hydrogens is 521 g/mol. The Labute approximate surface area is 223 Å². The summed E-state index contributed by atoms with van der Waals surface area (Å²) in [6.45, 7) is 2.91. The van der Waals surface area contributed by atoms with E-state index in [0.717, 1.165) is 42.7 Å². The summed E-state index contributed by atoms with van der Waals surface area (Å²) in [6.07, 6.45) is 6.11. The zero-order valence-electron chi connectivity index (χ0n) is 20.8. The minimum atomic E-state index is -3.79. The summed E-state index contributed by atoms with van der Waals surface area (Å²) in [5, 5.41) is 3.78. The summed E-state index contributed by atoms with van der Waals surface area (Å²) in [4.78, 5) is 28.3. The molecular formula is C26H33Cl2N3O4S. The quantitative estimate of drug-likeness (QED) is 0.476. The van der Waals surface area contributed by atoms with Crippen molar-refractivity contribution < 1.29 is 18.0 Å². The molecule has 0 aromatic heterocycles. The van der Waals surface area contributed by atoms with Crippen molar-refractivity contribution in [3.63, 3.8) is 0 Å². The van der Waals surface area contributed by atoms with E-state index in [1.54, 1.807) is 56.3 Å². The number of aryl methyl sites for hydroxylation is 1. The lowest BCUT2D eigenvalue weighted by Gasteiger charge is -2.33. The molecule has 1 aliphatic rings. The first-order valence-corrected chi connectivity index (χ1v) is 14.7. The van der Waals surface area contributed by atoms with Crippen LogP contribution in [-0.2, 0) is 26.2 Å². The summed E-state index contributed by atoms with van der Waals surface area (Å²) >= 11 is 12.8. The number of nitrogens with one attached hydrogen (secondary N) is 1. The van der Waals surface area contributed by atoms with Crippen molar-refractivity contribution in [1.29, 1.82) is 0 Å². The number of halogens is 2. The Hall–Kier alpha value is -2.29. The minimum absolute atomic E-state index is 0.0397. The summed E-state index contributed by atoms with van der Waals surface area (Å²) in [5.74, 6) is -0.828. The van der Waals surface area contributed by atoms with E-state index in [0.29, 0.717) is 26.9 Å². The van der Waals surface area contributed by atoms with Gasteiger partial charge < -0.3 is 10.2 Å². The molecule has 2 aromatic rings. The number of amides is 2. The monoisotopic (exact) mass is 553 g/mol. The van der Waals surface area contributed by atoms with Gasteiger partial charge in [0.15, 0.2) is 0 Å². The maximum absolute atomic E-state index is 13.7. The van der Waals surface area contributed by atoms with E-state index in [1.807, 2.05) is 0 Å². The zero-order chi connectivity index (χ0) is 26.5. The molecule has 2 aromatic carbocycles. The van der Waals surface area contributed by atoms with Gasteiger partial charge in [0, 0.05) is 28.2 Å². The second-order valence-corrected chi connectivity index (χ2v) is 12.0. The van der Waals surface area contributed by atoms with Crippen LogP contribution in [0.2, 0.25) is 10.0 Å². The summed E-state index contributed by atoms with van der Waals surface area (Å²) in [7, 11) is -3.79. The van der Waals surface area contributed by atoms with E-state index < -0.39 is 28.5 Å². The van der Waals surface area contributed by atoms with Crippen molar-refractivity contribution >= 4 is 50.7 Å². The Balaban J connectivity index is 1.92. The summed E-state index contributed by atoms with van der Waals surface area (Å²) in [6, 6.07) is 11.2. The van der Waals surface area contributed by atoms with Gasteiger partial charge in [-0.2, -0.15) is 0 Å². The average Bonchev–Trinajstić information content (AvgIpc) is 2.82. The van der Waals surface area contributed by atoms with Gasteiger partial charge in [0.25, 0.3) is 0 Å². The number of carbonyl (C=O) groups excluding carboxylic acids is 2. The molecule has 2 amide bonds. The van der Waals surface area contributed by atoms with E-state index in [9.17, 15) is 18.0 Å². The van der Waals surface area contributed by atoms with Gasteiger partial charge >= 0.3 is 0 Å². The normalized spacial score (nSPS) is 15.2. The Morgan fingerprint density at radius 1 is 1.03 bits per heavy atom. The molecule has 36 heavy (non-hydrogen) atoms. The zero-order valence-corrected chi connectivity index (χ0v) is 23.2. The van der Waals surface area contributed by atoms with Gasteiger partial charge in [0.2, 0.25) is 21.8 Å². The second kappa shape index (κ2) is 12.3. The van der Waals surface area contributed by atoms with Gasteiger partial charge in [-0.15, -0.1) is 0 Å². The highest BCUT2D eigenvalue weighted by Crippen LogP contribution is 2.28. The molecule has 10 heteroatoms. The van der Waals surface area contributed by atoms with Crippen LogP contribution < -0.4 is 9.62 Å². The van der Waals surface area contributed by atoms with Gasteiger partial charge in [-0.25, -0.2) is 8.42 Å². The van der Waals surface area contributed by atoms with Crippen LogP contribution in [0.25, 0.3) is 0 Å². The van der Waals surface area contributed by atoms with Gasteiger partial charge in [-0.3, -0.25) is 13.9 Å². The highest BCUT2D eigenvalue weighted by atomic mass is 35.5. The van der Waals surface area contributed by atoms with Crippen LogP contribution in [0.4, 0.5) is 5.69 Å². The third-order valence-electron chi connectivity index (χ3n) is 6.57. The van der Waals surface area contributed by atoms with E-state index >= 15 is 0 Å². The molecule has 1 fully saturated rings. The molecule has 0 radical (unpaired) electrons. The van der Waals surface area contributed by atoms with Crippen LogP contribution in [0.3, 0.4) is 0 Å². The predicted octanol–water partition coefficient (Wildman–Crippen LogP) is 4.93. The van der Waals surface area contributed by atoms with Crippen molar-refractivity contribution in [2.45, 2.75) is 64.6 Å². The molecule has 1 atom stereocenters. The van der Waals surface area contributed by atoms with E-state index in [-0.39, 0.29) is 18.5 Å². The standard InChI is InChI=1S/C26H33Cl2N3O4S/c1-18-10-7-8-15-24(18)31(36(3,34)35)17-25(32)30(16-21-22(27)13-9-14-23(21)28)19(2)26(33)29-20-11-5-4-6-12-20/h7-10,13-15,19-20H,4-6,11-12,16-17H2,1-3H3,(H,29,33)/t19-/m0/s1. The smallest absolute Gasteiger partial charge is 0.244 e. The molecule has 0 saturated heterocycles. The first-order chi connectivity index (χ1) is 17.0. The van der Waals surface area contributed by atoms with Gasteiger partial charge in [0.1, 0.15) is 12.6 Å². The maximum atomic E-state index is 13.7. The summed E-state index contributed by atoms with van der Waals surface area (Å²) < 4.78 is 26.5. The summed E-state index contributed by atoms with van der Waals surface area (Å²) in [5.41, 5.74) is 1.61. The predicted molar refractivity (Wildman–Crippen MR) is 145 cm³/mol. The first-order valence-electron chi connectivity index (χ1n) is 12.0. The Morgan fingerprint density at radius 2 is 1.64 bits per heavy atom. The van der Waals surface area contributed by atoms with Crippen LogP contribution in [0.1, 0.15) is 50.2 Å². The lowest BCUT2D eigenvalue weighted by Crippen LogP contribution is -2.53. The molecule has 0 heterocycles. The van der Waals surface area contributed by atoms with E-state index in [4.69, 9.17) is 23.2 Å². The van der Waals surface area contributed by atoms with Crippen LogP contribution in [-0.4, -0.2) is 50.0 Å². The fourth-order valence-electron chi connectivity index (χ4n) is 4.44. The molecule has 1 saturated carbocycles. The molecule has 0 bridgehead atoms. The van der Waals surface area contributed by atoms with Crippen molar-refractivity contribution in [1.82, 2.24) is 10.2 Å². The number of hydrogen-bond acceptors (Lipinski definition) is 4. The number of para-hydroxylation sites is 1. The fraction of sp³-hybridized carbons (Fsp3) is 0.462. The second-order valence-electron chi connectivity index (χ2n) is 9.30. The third-order valence-corrected chi connectivity index (χ3v) is 8.41. The van der Waals surface area contributed by atoms with E-state index in [1.165, 1.54) is 4.90 Å². The minimum Gasteiger partial charge on any atom is -0.352 e. The third kappa shape index (κ3) is 7.14. The number of anilines is 1. The number of sulfonamides is 1. The Kier molecular flexibility index (Phi) is 9.66. The molecule has 3 rings (SSSR count). The van der Waals surface area contributed by atoms with Crippen molar-refractivity contribution in [2.75, 3.05) is 17.1 Å². The van der Waals surface area contributed by atoms with Gasteiger partial charge in [-0.1, -0.05) is 66.7 Å². The fourth-order valence-corrected chi connectivity index (χ4v) is 5.87. The highest BCUT2D eigenvalue weighted by Gasteiger charge is 2.32. The molecule has 0 unspecified atom stereocenters. The lowest BCUT2D eigenvalue weighted by atomic mass is 9.95. The van der Waals surface area contributed by atoms with Gasteiger partial charge in [0.05, 0.1) is 11.9 Å². The molecule has 0 aliphatic heterocycles. The molecule has 196 valence electrons. The Bertz CT molecular complexity index is 1180. The lowest BCUT2D eigenvalue weighted by molar-refractivity contribution is -0.139. The van der Waals surface area contributed by atoms with E-state index in [2.05, 4.69) is 5.32 Å². The first kappa shape index (κ1) is 28.3. The molecule has 1 N–H and O–H groups in total. The molecule has 1 aliphatic carbocycles. The SMILES string of the molecule is Cc1ccccc1N(CC(=O)N(Cc1c(Cl)cccc1Cl)[C@@H](C)C(=O)NC1CCCCC1)S(C)(=O)=O. The number of rotatable bonds is 9. The van der Waals surface area contributed by atoms with Crippen LogP contribution in [0, 0.1) is 6.92 Å². The molecule has 7 nitrogen and oxygen atoms in total. The topological polar surface area (TPSA) is 86.8 Å². The largest absolute Gasteiger partial charge is 0.352 e. The van der Waals surface area contributed by atoms with Crippen LogP contribution >= 0.6 is 23.2 Å². The number of carbonyl (C=O) groups is 2. The van der Waals surface area contributed by atoms with Crippen LogP contribution in [0.5, 0.6) is 0 Å². The average molecular weight is 555 g/mol. The number of nitrogens with zero attached hydrogens (tertiary/aromatic N) is 2. The van der Waals surface area contributed by atoms with Crippen LogP contribution in [0.15, 0.2) is 42.5 Å². The number of benzene rings is 2. The van der Waals surface area contributed by atoms with Crippen molar-refractivity contribution in [3.05, 3.63) is 63.6 Å². The van der Waals surface area contributed by atoms with Crippen molar-refractivity contribution in [3.8, 4) is 0 Å². The maximum Gasteiger partial charge on any atom is 0.244 e.